The number of hydrogen-bond acceptors (Lipinski definition) is 6. The highest BCUT2D eigenvalue weighted by atomic mass is 32.1. The van der Waals surface area contributed by atoms with Gasteiger partial charge in [0.25, 0.3) is 0 Å². The molecule has 1 aromatic carbocycles. The molecule has 1 atom stereocenters. The number of nitrogens with one attached hydrogen (secondary N) is 1. The highest BCUT2D eigenvalue weighted by Gasteiger charge is 2.24. The van der Waals surface area contributed by atoms with Crippen LogP contribution in [0.4, 0.5) is 5.13 Å². The Hall–Kier alpha value is -2.61. The van der Waals surface area contributed by atoms with Crippen LogP contribution < -0.4 is 19.7 Å². The number of carbonyl (C=O) groups excluding carboxylic acids is 2. The van der Waals surface area contributed by atoms with E-state index in [0.29, 0.717) is 42.8 Å². The maximum atomic E-state index is 12.6. The van der Waals surface area contributed by atoms with Gasteiger partial charge in [0.15, 0.2) is 16.6 Å². The van der Waals surface area contributed by atoms with Crippen molar-refractivity contribution in [1.29, 1.82) is 0 Å². The quantitative estimate of drug-likeness (QED) is 0.559. The molecule has 2 aromatic rings. The number of anilines is 1. The van der Waals surface area contributed by atoms with Crippen LogP contribution in [-0.2, 0) is 16.0 Å². The summed E-state index contributed by atoms with van der Waals surface area (Å²) in [6.45, 7) is 8.01. The summed E-state index contributed by atoms with van der Waals surface area (Å²) in [5.74, 6) is 1.42. The number of amides is 2. The zero-order valence-corrected chi connectivity index (χ0v) is 19.3. The van der Waals surface area contributed by atoms with Gasteiger partial charge >= 0.3 is 0 Å². The van der Waals surface area contributed by atoms with E-state index in [4.69, 9.17) is 9.47 Å². The molecule has 7 nitrogen and oxygen atoms in total. The Morgan fingerprint density at radius 1 is 1.23 bits per heavy atom. The fraction of sp³-hybridized carbons (Fsp3) is 0.522. The van der Waals surface area contributed by atoms with Crippen molar-refractivity contribution in [2.75, 3.05) is 24.7 Å². The largest absolute Gasteiger partial charge is 0.490 e. The van der Waals surface area contributed by atoms with Gasteiger partial charge < -0.3 is 14.8 Å². The van der Waals surface area contributed by atoms with Crippen LogP contribution in [0, 0.1) is 0 Å². The third kappa shape index (κ3) is 6.19. The number of aromatic nitrogens is 1. The minimum atomic E-state index is -0.185. The standard InChI is InChI=1S/C23H31N3O4S/c1-4-11-29-19-9-8-17(13-20(19)30-12-5-2)16(3)24-21(27)14-18-15-31-23(25-18)26-10-6-7-22(26)28/h8-9,13,15-16H,4-7,10-12,14H2,1-3H3,(H,24,27). The van der Waals surface area contributed by atoms with Gasteiger partial charge in [-0.2, -0.15) is 0 Å². The number of ether oxygens (including phenoxy) is 2. The molecule has 1 fully saturated rings. The summed E-state index contributed by atoms with van der Waals surface area (Å²) >= 11 is 1.41. The molecule has 168 valence electrons. The molecule has 0 aliphatic carbocycles. The third-order valence-electron chi connectivity index (χ3n) is 4.95. The minimum Gasteiger partial charge on any atom is -0.490 e. The third-order valence-corrected chi connectivity index (χ3v) is 5.87. The zero-order valence-electron chi connectivity index (χ0n) is 18.5. The molecule has 1 aromatic heterocycles. The molecule has 0 bridgehead atoms. The first kappa shape index (κ1) is 23.1. The van der Waals surface area contributed by atoms with Crippen LogP contribution in [-0.4, -0.2) is 36.6 Å². The number of carbonyl (C=O) groups is 2. The highest BCUT2D eigenvalue weighted by molar-refractivity contribution is 7.14. The predicted molar refractivity (Wildman–Crippen MR) is 122 cm³/mol. The summed E-state index contributed by atoms with van der Waals surface area (Å²) in [5, 5.41) is 5.56. The number of rotatable bonds is 11. The zero-order chi connectivity index (χ0) is 22.2. The molecule has 1 aliphatic rings. The molecule has 0 saturated carbocycles. The van der Waals surface area contributed by atoms with Crippen molar-refractivity contribution in [3.05, 3.63) is 34.8 Å². The van der Waals surface area contributed by atoms with E-state index in [2.05, 4.69) is 24.1 Å². The number of nitrogens with zero attached hydrogens (tertiary/aromatic N) is 2. The van der Waals surface area contributed by atoms with Crippen molar-refractivity contribution in [2.45, 2.75) is 58.9 Å². The van der Waals surface area contributed by atoms with E-state index in [-0.39, 0.29) is 24.3 Å². The van der Waals surface area contributed by atoms with Crippen LogP contribution >= 0.6 is 11.3 Å². The summed E-state index contributed by atoms with van der Waals surface area (Å²) in [4.78, 5) is 30.6. The van der Waals surface area contributed by atoms with Crippen molar-refractivity contribution < 1.29 is 19.1 Å². The molecule has 2 amide bonds. The van der Waals surface area contributed by atoms with Gasteiger partial charge in [-0.15, -0.1) is 11.3 Å². The van der Waals surface area contributed by atoms with Crippen molar-refractivity contribution in [3.63, 3.8) is 0 Å². The first-order valence-electron chi connectivity index (χ1n) is 11.0. The van der Waals surface area contributed by atoms with Gasteiger partial charge in [0.2, 0.25) is 11.8 Å². The molecule has 1 unspecified atom stereocenters. The first-order chi connectivity index (χ1) is 15.0. The van der Waals surface area contributed by atoms with E-state index in [0.717, 1.165) is 30.6 Å². The monoisotopic (exact) mass is 445 g/mol. The van der Waals surface area contributed by atoms with Gasteiger partial charge in [0.05, 0.1) is 31.4 Å². The normalized spacial score (nSPS) is 14.5. The van der Waals surface area contributed by atoms with E-state index in [1.807, 2.05) is 30.5 Å². The summed E-state index contributed by atoms with van der Waals surface area (Å²) in [5.41, 5.74) is 1.63. The Balaban J connectivity index is 1.61. The molecule has 0 spiro atoms. The molecular weight excluding hydrogens is 414 g/mol. The minimum absolute atomic E-state index is 0.103. The summed E-state index contributed by atoms with van der Waals surface area (Å²) in [7, 11) is 0. The lowest BCUT2D eigenvalue weighted by Gasteiger charge is -2.18. The van der Waals surface area contributed by atoms with Gasteiger partial charge in [0.1, 0.15) is 0 Å². The van der Waals surface area contributed by atoms with Crippen molar-refractivity contribution in [3.8, 4) is 11.5 Å². The Morgan fingerprint density at radius 3 is 2.65 bits per heavy atom. The first-order valence-corrected chi connectivity index (χ1v) is 11.8. The van der Waals surface area contributed by atoms with Crippen LogP contribution in [0.25, 0.3) is 0 Å². The molecule has 8 heteroatoms. The summed E-state index contributed by atoms with van der Waals surface area (Å²) in [6, 6.07) is 5.61. The fourth-order valence-corrected chi connectivity index (χ4v) is 4.21. The van der Waals surface area contributed by atoms with Crippen LogP contribution in [0.3, 0.4) is 0 Å². The molecule has 1 aliphatic heterocycles. The van der Waals surface area contributed by atoms with Crippen molar-refractivity contribution >= 4 is 28.3 Å². The van der Waals surface area contributed by atoms with E-state index in [1.54, 1.807) is 4.90 Å². The van der Waals surface area contributed by atoms with Gasteiger partial charge in [-0.3, -0.25) is 14.5 Å². The Morgan fingerprint density at radius 2 is 1.97 bits per heavy atom. The lowest BCUT2D eigenvalue weighted by Crippen LogP contribution is -2.28. The van der Waals surface area contributed by atoms with Crippen LogP contribution in [0.2, 0.25) is 0 Å². The Bertz CT molecular complexity index is 899. The molecule has 0 radical (unpaired) electrons. The molecule has 3 rings (SSSR count). The van der Waals surface area contributed by atoms with Gasteiger partial charge in [-0.1, -0.05) is 19.9 Å². The fourth-order valence-electron chi connectivity index (χ4n) is 3.34. The van der Waals surface area contributed by atoms with E-state index < -0.39 is 0 Å². The van der Waals surface area contributed by atoms with Crippen molar-refractivity contribution in [1.82, 2.24) is 10.3 Å². The number of benzene rings is 1. The van der Waals surface area contributed by atoms with Crippen molar-refractivity contribution in [2.24, 2.45) is 0 Å². The van der Waals surface area contributed by atoms with Gasteiger partial charge in [0, 0.05) is 18.3 Å². The average Bonchev–Trinajstić information content (AvgIpc) is 3.39. The second-order valence-electron chi connectivity index (χ2n) is 7.64. The number of thiazole rings is 1. The summed E-state index contributed by atoms with van der Waals surface area (Å²) in [6.07, 6.45) is 3.44. The van der Waals surface area contributed by atoms with Crippen LogP contribution in [0.5, 0.6) is 11.5 Å². The molecular formula is C23H31N3O4S. The van der Waals surface area contributed by atoms with E-state index >= 15 is 0 Å². The molecule has 1 N–H and O–H groups in total. The van der Waals surface area contributed by atoms with Crippen LogP contribution in [0.1, 0.15) is 63.8 Å². The second kappa shape index (κ2) is 11.1. The second-order valence-corrected chi connectivity index (χ2v) is 8.48. The smallest absolute Gasteiger partial charge is 0.228 e. The lowest BCUT2D eigenvalue weighted by molar-refractivity contribution is -0.121. The maximum absolute atomic E-state index is 12.6. The topological polar surface area (TPSA) is 80.8 Å². The predicted octanol–water partition coefficient (Wildman–Crippen LogP) is 4.27. The maximum Gasteiger partial charge on any atom is 0.228 e. The van der Waals surface area contributed by atoms with Gasteiger partial charge in [-0.25, -0.2) is 4.98 Å². The van der Waals surface area contributed by atoms with E-state index in [9.17, 15) is 9.59 Å². The molecule has 2 heterocycles. The molecule has 31 heavy (non-hydrogen) atoms. The summed E-state index contributed by atoms with van der Waals surface area (Å²) < 4.78 is 11.6. The molecule has 1 saturated heterocycles. The Kier molecular flexibility index (Phi) is 8.28. The van der Waals surface area contributed by atoms with E-state index in [1.165, 1.54) is 11.3 Å². The van der Waals surface area contributed by atoms with Crippen LogP contribution in [0.15, 0.2) is 23.6 Å². The number of hydrogen-bond donors (Lipinski definition) is 1. The SMILES string of the molecule is CCCOc1ccc(C(C)NC(=O)Cc2csc(N3CCCC3=O)n2)cc1OCCC. The highest BCUT2D eigenvalue weighted by Crippen LogP contribution is 2.31. The lowest BCUT2D eigenvalue weighted by atomic mass is 10.1. The van der Waals surface area contributed by atoms with Gasteiger partial charge in [-0.05, 0) is 43.9 Å². The Labute approximate surface area is 187 Å². The average molecular weight is 446 g/mol.